The van der Waals surface area contributed by atoms with Crippen molar-refractivity contribution in [3.63, 3.8) is 0 Å². The van der Waals surface area contributed by atoms with Gasteiger partial charge in [-0.15, -0.1) is 0 Å². The zero-order valence-electron chi connectivity index (χ0n) is 44.0. The van der Waals surface area contributed by atoms with Crippen molar-refractivity contribution in [1.82, 2.24) is 5.32 Å². The van der Waals surface area contributed by atoms with Gasteiger partial charge in [0.2, 0.25) is 5.91 Å². The minimum absolute atomic E-state index is 0.000438. The molecule has 0 aliphatic carbocycles. The van der Waals surface area contributed by atoms with Crippen LogP contribution in [0.3, 0.4) is 0 Å². The van der Waals surface area contributed by atoms with Gasteiger partial charge in [0.25, 0.3) is 7.82 Å². The fourth-order valence-electron chi connectivity index (χ4n) is 8.44. The van der Waals surface area contributed by atoms with Gasteiger partial charge in [-0.05, 0) is 44.9 Å². The number of rotatable bonds is 52. The van der Waals surface area contributed by atoms with E-state index in [0.29, 0.717) is 17.4 Å². The van der Waals surface area contributed by atoms with Crippen molar-refractivity contribution in [3.05, 3.63) is 24.3 Å². The van der Waals surface area contributed by atoms with Gasteiger partial charge in [-0.3, -0.25) is 9.36 Å². The number of nitrogens with one attached hydrogen (secondary N) is 1. The molecule has 65 heavy (non-hydrogen) atoms. The van der Waals surface area contributed by atoms with Crippen molar-refractivity contribution in [2.45, 2.75) is 289 Å². The van der Waals surface area contributed by atoms with E-state index in [1.165, 1.54) is 218 Å². The van der Waals surface area contributed by atoms with E-state index in [2.05, 4.69) is 31.3 Å². The zero-order chi connectivity index (χ0) is 47.8. The molecule has 8 nitrogen and oxygen atoms in total. The minimum atomic E-state index is -4.59. The number of aliphatic hydroxyl groups excluding tert-OH is 1. The number of aliphatic hydroxyl groups is 1. The average Bonchev–Trinajstić information content (AvgIpc) is 3.26. The first-order chi connectivity index (χ1) is 31.5. The van der Waals surface area contributed by atoms with E-state index < -0.39 is 20.0 Å². The number of unbranched alkanes of at least 4 members (excludes halogenated alkanes) is 37. The molecule has 0 heterocycles. The summed E-state index contributed by atoms with van der Waals surface area (Å²) in [5, 5.41) is 13.9. The van der Waals surface area contributed by atoms with Crippen molar-refractivity contribution in [1.29, 1.82) is 0 Å². The van der Waals surface area contributed by atoms with Crippen LogP contribution >= 0.6 is 7.82 Å². The van der Waals surface area contributed by atoms with E-state index in [1.807, 2.05) is 27.2 Å². The number of hydrogen-bond acceptors (Lipinski definition) is 6. The number of nitrogens with zero attached hydrogens (tertiary/aromatic N) is 1. The fourth-order valence-corrected chi connectivity index (χ4v) is 9.17. The van der Waals surface area contributed by atoms with Crippen LogP contribution in [0.15, 0.2) is 24.3 Å². The number of carbonyl (C=O) groups excluding carboxylic acids is 1. The Hall–Kier alpha value is -1.02. The Morgan fingerprint density at radius 3 is 1.20 bits per heavy atom. The summed E-state index contributed by atoms with van der Waals surface area (Å²) >= 11 is 0. The molecule has 386 valence electrons. The van der Waals surface area contributed by atoms with Crippen LogP contribution in [-0.4, -0.2) is 68.5 Å². The van der Waals surface area contributed by atoms with Crippen LogP contribution in [0.1, 0.15) is 277 Å². The third-order valence-electron chi connectivity index (χ3n) is 12.9. The Kier molecular flexibility index (Phi) is 47.3. The van der Waals surface area contributed by atoms with Crippen molar-refractivity contribution in [3.8, 4) is 0 Å². The summed E-state index contributed by atoms with van der Waals surface area (Å²) in [6.07, 6.45) is 59.6. The first-order valence-electron chi connectivity index (χ1n) is 28.2. The second kappa shape index (κ2) is 48.0. The summed E-state index contributed by atoms with van der Waals surface area (Å²) in [7, 11) is 1.27. The van der Waals surface area contributed by atoms with E-state index in [1.54, 1.807) is 6.08 Å². The summed E-state index contributed by atoms with van der Waals surface area (Å²) in [5.41, 5.74) is 0. The van der Waals surface area contributed by atoms with Crippen LogP contribution < -0.4 is 10.2 Å². The summed E-state index contributed by atoms with van der Waals surface area (Å²) < 4.78 is 23.3. The molecule has 0 saturated carbocycles. The number of hydrogen-bond donors (Lipinski definition) is 2. The molecule has 0 bridgehead atoms. The van der Waals surface area contributed by atoms with Crippen molar-refractivity contribution < 1.29 is 32.9 Å². The highest BCUT2D eigenvalue weighted by Gasteiger charge is 2.23. The first-order valence-corrected chi connectivity index (χ1v) is 29.7. The normalized spacial score (nSPS) is 14.1. The van der Waals surface area contributed by atoms with E-state index in [4.69, 9.17) is 9.05 Å². The molecule has 2 N–H and O–H groups in total. The smallest absolute Gasteiger partial charge is 0.268 e. The molecule has 0 saturated heterocycles. The van der Waals surface area contributed by atoms with Crippen LogP contribution in [0.4, 0.5) is 0 Å². The predicted molar refractivity (Wildman–Crippen MR) is 279 cm³/mol. The van der Waals surface area contributed by atoms with Gasteiger partial charge in [-0.25, -0.2) is 0 Å². The summed E-state index contributed by atoms with van der Waals surface area (Å²) in [6.45, 7) is 4.68. The molecule has 0 aromatic heterocycles. The topological polar surface area (TPSA) is 108 Å². The monoisotopic (exact) mass is 939 g/mol. The number of phosphoric acid groups is 1. The Morgan fingerprint density at radius 2 is 0.846 bits per heavy atom. The predicted octanol–water partition coefficient (Wildman–Crippen LogP) is 16.2. The largest absolute Gasteiger partial charge is 0.756 e. The first kappa shape index (κ1) is 64.0. The number of quaternary nitrogens is 1. The molecule has 3 unspecified atom stereocenters. The Labute approximate surface area is 404 Å². The van der Waals surface area contributed by atoms with Gasteiger partial charge in [0.1, 0.15) is 13.2 Å². The van der Waals surface area contributed by atoms with Crippen LogP contribution in [-0.2, 0) is 18.4 Å². The molecule has 0 spiro atoms. The quantitative estimate of drug-likeness (QED) is 0.0272. The van der Waals surface area contributed by atoms with Crippen LogP contribution in [0, 0.1) is 0 Å². The molecule has 0 aromatic carbocycles. The number of carbonyl (C=O) groups is 1. The highest BCUT2D eigenvalue weighted by molar-refractivity contribution is 7.45. The van der Waals surface area contributed by atoms with E-state index in [9.17, 15) is 19.4 Å². The lowest BCUT2D eigenvalue weighted by Crippen LogP contribution is -2.45. The average molecular weight is 939 g/mol. The highest BCUT2D eigenvalue weighted by atomic mass is 31.2. The highest BCUT2D eigenvalue weighted by Crippen LogP contribution is 2.38. The SMILES string of the molecule is CCCCCCCCCCCCCC/C=C\CCCCCCCCCCCCC(=O)NC(COP(=O)([O-])OCC[N+](C)(C)C)C(O)/C=C/CCCCCCCCCCCCCCCCC. The van der Waals surface area contributed by atoms with Crippen LogP contribution in [0.2, 0.25) is 0 Å². The Bertz CT molecular complexity index is 1110. The molecule has 0 aliphatic rings. The van der Waals surface area contributed by atoms with Gasteiger partial charge in [-0.1, -0.05) is 250 Å². The lowest BCUT2D eigenvalue weighted by Gasteiger charge is -2.29. The van der Waals surface area contributed by atoms with Gasteiger partial charge < -0.3 is 28.8 Å². The Balaban J connectivity index is 4.18. The third kappa shape index (κ3) is 50.7. The van der Waals surface area contributed by atoms with Crippen molar-refractivity contribution >= 4 is 13.7 Å². The van der Waals surface area contributed by atoms with Gasteiger partial charge in [0.05, 0.1) is 39.9 Å². The zero-order valence-corrected chi connectivity index (χ0v) is 44.9. The molecule has 0 radical (unpaired) electrons. The lowest BCUT2D eigenvalue weighted by atomic mass is 10.0. The van der Waals surface area contributed by atoms with E-state index in [0.717, 1.165) is 38.5 Å². The van der Waals surface area contributed by atoms with Gasteiger partial charge in [0.15, 0.2) is 0 Å². The van der Waals surface area contributed by atoms with Crippen molar-refractivity contribution in [2.75, 3.05) is 40.9 Å². The second-order valence-corrected chi connectivity index (χ2v) is 22.1. The fraction of sp³-hybridized carbons (Fsp3) is 0.911. The summed E-state index contributed by atoms with van der Waals surface area (Å²) in [4.78, 5) is 25.5. The maximum absolute atomic E-state index is 12.9. The number of likely N-dealkylation sites (N-methyl/N-ethyl adjacent to an activating group) is 1. The van der Waals surface area contributed by atoms with Gasteiger partial charge in [0, 0.05) is 6.42 Å². The molecule has 1 amide bonds. The minimum Gasteiger partial charge on any atom is -0.756 e. The maximum Gasteiger partial charge on any atom is 0.268 e. The molecule has 0 aromatic rings. The van der Waals surface area contributed by atoms with Crippen LogP contribution in [0.25, 0.3) is 0 Å². The third-order valence-corrected chi connectivity index (χ3v) is 13.9. The van der Waals surface area contributed by atoms with E-state index in [-0.39, 0.29) is 19.1 Å². The molecular formula is C56H111N2O6P. The lowest BCUT2D eigenvalue weighted by molar-refractivity contribution is -0.870. The summed E-state index contributed by atoms with van der Waals surface area (Å²) in [6, 6.07) is -0.885. The van der Waals surface area contributed by atoms with Gasteiger partial charge >= 0.3 is 0 Å². The van der Waals surface area contributed by atoms with Crippen molar-refractivity contribution in [2.24, 2.45) is 0 Å². The number of amides is 1. The molecule has 9 heteroatoms. The molecule has 0 aliphatic heterocycles. The Morgan fingerprint density at radius 1 is 0.523 bits per heavy atom. The standard InChI is InChI=1S/C56H111N2O6P/c1-6-8-10-12-14-16-18-20-22-24-25-26-27-28-29-30-31-32-34-36-38-40-42-44-46-48-50-56(60)57-54(53-64-65(61,62)63-52-51-58(3,4)5)55(59)49-47-45-43-41-39-37-35-33-23-21-19-17-15-13-11-9-7-2/h28-29,47,49,54-55,59H,6-27,30-46,48,50-53H2,1-5H3,(H-,57,60,61,62)/b29-28-,49-47+. The molecular weight excluding hydrogens is 828 g/mol. The number of allylic oxidation sites excluding steroid dienone is 3. The van der Waals surface area contributed by atoms with Crippen LogP contribution in [0.5, 0.6) is 0 Å². The van der Waals surface area contributed by atoms with E-state index >= 15 is 0 Å². The molecule has 3 atom stereocenters. The van der Waals surface area contributed by atoms with Gasteiger partial charge in [-0.2, -0.15) is 0 Å². The second-order valence-electron chi connectivity index (χ2n) is 20.6. The maximum atomic E-state index is 12.9. The molecule has 0 rings (SSSR count). The number of phosphoric ester groups is 1. The summed E-state index contributed by atoms with van der Waals surface area (Å²) in [5.74, 6) is -0.195. The molecule has 0 fully saturated rings.